The molecule has 2 aromatic carbocycles. The Labute approximate surface area is 183 Å². The van der Waals surface area contributed by atoms with Gasteiger partial charge in [-0.05, 0) is 0 Å². The third-order valence-corrected chi connectivity index (χ3v) is 6.46. The largest absolute Gasteiger partial charge is 0.368 e. The molecule has 5 heteroatoms. The number of rotatable bonds is 4. The monoisotopic (exact) mass is 417 g/mol. The van der Waals surface area contributed by atoms with E-state index in [2.05, 4.69) is 60.7 Å². The highest BCUT2D eigenvalue weighted by Crippen LogP contribution is 2.22. The Morgan fingerprint density at radius 3 is 2.06 bits per heavy atom. The van der Waals surface area contributed by atoms with Crippen LogP contribution in [0.3, 0.4) is 0 Å². The Morgan fingerprint density at radius 2 is 1.45 bits per heavy atom. The first-order chi connectivity index (χ1) is 15.3. The van der Waals surface area contributed by atoms with Crippen LogP contribution in [-0.2, 0) is 14.3 Å². The van der Waals surface area contributed by atoms with Gasteiger partial charge in [-0.3, -0.25) is 4.79 Å². The highest BCUT2D eigenvalue weighted by atomic mass is 16.6. The predicted molar refractivity (Wildman–Crippen MR) is 119 cm³/mol. The Balaban J connectivity index is 1.25. The van der Waals surface area contributed by atoms with E-state index in [1.807, 2.05) is 29.2 Å². The lowest BCUT2D eigenvalue weighted by molar-refractivity contribution is -0.929. The van der Waals surface area contributed by atoms with Crippen LogP contribution in [0.5, 0.6) is 0 Å². The number of carbonyl (C=O) groups excluding carboxylic acids is 1. The van der Waals surface area contributed by atoms with E-state index in [0.717, 1.165) is 26.2 Å². The predicted octanol–water partition coefficient (Wildman–Crippen LogP) is 1.78. The molecule has 0 spiro atoms. The molecular weight excluding hydrogens is 388 g/mol. The second-order valence-corrected chi connectivity index (χ2v) is 8.40. The molecule has 2 saturated heterocycles. The number of hydrogen-bond acceptors (Lipinski definition) is 3. The van der Waals surface area contributed by atoms with E-state index in [-0.39, 0.29) is 24.2 Å². The first kappa shape index (κ1) is 20.2. The molecule has 0 aromatic heterocycles. The number of benzene rings is 2. The molecule has 0 radical (unpaired) electrons. The third kappa shape index (κ3) is 4.35. The minimum atomic E-state index is -0.516. The zero-order valence-electron chi connectivity index (χ0n) is 17.6. The molecule has 160 valence electrons. The number of hydrogen-bond donors (Lipinski definition) is 1. The topological polar surface area (TPSA) is 43.2 Å². The second-order valence-electron chi connectivity index (χ2n) is 8.40. The van der Waals surface area contributed by atoms with E-state index in [0.29, 0.717) is 6.61 Å². The van der Waals surface area contributed by atoms with Gasteiger partial charge in [-0.2, -0.15) is 0 Å². The van der Waals surface area contributed by atoms with Gasteiger partial charge in [0.15, 0.2) is 6.10 Å². The van der Waals surface area contributed by atoms with Gasteiger partial charge in [-0.15, -0.1) is 0 Å². The van der Waals surface area contributed by atoms with Crippen LogP contribution < -0.4 is 4.90 Å². The Kier molecular flexibility index (Phi) is 5.98. The maximum atomic E-state index is 13.1. The standard InChI is InChI=1S/C26H28N2O3/c29-26(24-19-30-22-13-7-8-14-23(22)31-24)28-17-15-27(16-18-28)25(20-9-3-1-4-10-20)21-11-5-2-6-12-21/h1-14,22-25H,15-19H2/p+1/t22-,23-,24+/m0/s1. The smallest absolute Gasteiger partial charge is 0.254 e. The summed E-state index contributed by atoms with van der Waals surface area (Å²) in [6, 6.07) is 21.6. The molecule has 2 heterocycles. The van der Waals surface area contributed by atoms with Crippen LogP contribution >= 0.6 is 0 Å². The van der Waals surface area contributed by atoms with Crippen LogP contribution in [0.1, 0.15) is 17.2 Å². The molecular formula is C26H29N2O3+. The molecule has 2 fully saturated rings. The van der Waals surface area contributed by atoms with Crippen molar-refractivity contribution in [3.05, 3.63) is 96.1 Å². The first-order valence-corrected chi connectivity index (χ1v) is 11.1. The Hall–Kier alpha value is -2.73. The molecule has 3 atom stereocenters. The summed E-state index contributed by atoms with van der Waals surface area (Å²) >= 11 is 0. The number of nitrogens with one attached hydrogen (secondary N) is 1. The summed E-state index contributed by atoms with van der Waals surface area (Å²) in [5.74, 6) is 0.0522. The van der Waals surface area contributed by atoms with E-state index in [9.17, 15) is 4.79 Å². The Bertz CT molecular complexity index is 896. The van der Waals surface area contributed by atoms with Crippen LogP contribution in [0.15, 0.2) is 85.0 Å². The van der Waals surface area contributed by atoms with Gasteiger partial charge in [0.25, 0.3) is 5.91 Å². The van der Waals surface area contributed by atoms with Crippen molar-refractivity contribution >= 4 is 5.91 Å². The first-order valence-electron chi connectivity index (χ1n) is 11.1. The van der Waals surface area contributed by atoms with Crippen molar-refractivity contribution in [3.63, 3.8) is 0 Å². The van der Waals surface area contributed by atoms with Crippen LogP contribution in [-0.4, -0.2) is 61.9 Å². The molecule has 5 rings (SSSR count). The summed E-state index contributed by atoms with van der Waals surface area (Å²) in [6.07, 6.45) is 7.11. The normalized spacial score (nSPS) is 26.1. The highest BCUT2D eigenvalue weighted by molar-refractivity contribution is 5.81. The van der Waals surface area contributed by atoms with Crippen LogP contribution in [0.25, 0.3) is 0 Å². The summed E-state index contributed by atoms with van der Waals surface area (Å²) in [7, 11) is 0. The number of allylic oxidation sites excluding steroid dienone is 2. The highest BCUT2D eigenvalue weighted by Gasteiger charge is 2.38. The number of ether oxygens (including phenoxy) is 2. The van der Waals surface area contributed by atoms with E-state index >= 15 is 0 Å². The summed E-state index contributed by atoms with van der Waals surface area (Å²) < 4.78 is 11.9. The van der Waals surface area contributed by atoms with Gasteiger partial charge in [-0.25, -0.2) is 0 Å². The van der Waals surface area contributed by atoms with Gasteiger partial charge in [0.1, 0.15) is 18.2 Å². The summed E-state index contributed by atoms with van der Waals surface area (Å²) in [5, 5.41) is 0. The number of amides is 1. The van der Waals surface area contributed by atoms with Crippen LogP contribution in [0, 0.1) is 0 Å². The van der Waals surface area contributed by atoms with Crippen molar-refractivity contribution in [2.75, 3.05) is 32.8 Å². The fourth-order valence-corrected chi connectivity index (χ4v) is 4.86. The van der Waals surface area contributed by atoms with Gasteiger partial charge < -0.3 is 19.3 Å². The van der Waals surface area contributed by atoms with Crippen LogP contribution in [0.4, 0.5) is 0 Å². The average molecular weight is 418 g/mol. The van der Waals surface area contributed by atoms with Gasteiger partial charge in [-0.1, -0.05) is 85.0 Å². The number of fused-ring (bicyclic) bond motifs is 1. The fourth-order valence-electron chi connectivity index (χ4n) is 4.86. The van der Waals surface area contributed by atoms with E-state index in [4.69, 9.17) is 9.47 Å². The SMILES string of the molecule is O=C([C@H]1CO[C@H]2C=CC=C[C@@H]2O1)N1CC[NH+](C(c2ccccc2)c2ccccc2)CC1. The quantitative estimate of drug-likeness (QED) is 0.825. The van der Waals surface area contributed by atoms with Gasteiger partial charge in [0.2, 0.25) is 0 Å². The van der Waals surface area contributed by atoms with Gasteiger partial charge in [0.05, 0.1) is 32.8 Å². The summed E-state index contributed by atoms with van der Waals surface area (Å²) in [4.78, 5) is 16.6. The zero-order chi connectivity index (χ0) is 21.0. The summed E-state index contributed by atoms with van der Waals surface area (Å²) in [5.41, 5.74) is 2.63. The fraction of sp³-hybridized carbons (Fsp3) is 0.346. The molecule has 3 aliphatic rings. The van der Waals surface area contributed by atoms with Crippen LogP contribution in [0.2, 0.25) is 0 Å². The van der Waals surface area contributed by atoms with Crippen molar-refractivity contribution in [1.29, 1.82) is 0 Å². The number of quaternary nitrogens is 1. The zero-order valence-corrected chi connectivity index (χ0v) is 17.6. The molecule has 0 unspecified atom stereocenters. The van der Waals surface area contributed by atoms with E-state index in [1.54, 1.807) is 0 Å². The molecule has 1 N–H and O–H groups in total. The molecule has 1 aliphatic carbocycles. The van der Waals surface area contributed by atoms with E-state index < -0.39 is 6.10 Å². The van der Waals surface area contributed by atoms with Crippen molar-refractivity contribution < 1.29 is 19.2 Å². The lowest BCUT2D eigenvalue weighted by Crippen LogP contribution is -3.15. The number of carbonyl (C=O) groups is 1. The maximum absolute atomic E-state index is 13.1. The minimum absolute atomic E-state index is 0.0522. The number of piperazine rings is 1. The lowest BCUT2D eigenvalue weighted by atomic mass is 9.96. The molecule has 1 amide bonds. The average Bonchev–Trinajstić information content (AvgIpc) is 2.85. The molecule has 31 heavy (non-hydrogen) atoms. The van der Waals surface area contributed by atoms with Crippen molar-refractivity contribution in [2.45, 2.75) is 24.4 Å². The third-order valence-electron chi connectivity index (χ3n) is 6.46. The molecule has 0 bridgehead atoms. The molecule has 2 aromatic rings. The van der Waals surface area contributed by atoms with Crippen molar-refractivity contribution in [3.8, 4) is 0 Å². The molecule has 5 nitrogen and oxygen atoms in total. The van der Waals surface area contributed by atoms with E-state index in [1.165, 1.54) is 16.0 Å². The lowest BCUT2D eigenvalue weighted by Gasteiger charge is -2.40. The van der Waals surface area contributed by atoms with Crippen molar-refractivity contribution in [1.82, 2.24) is 4.90 Å². The second kappa shape index (κ2) is 9.18. The van der Waals surface area contributed by atoms with Gasteiger partial charge >= 0.3 is 0 Å². The molecule has 0 saturated carbocycles. The number of nitrogens with zero attached hydrogens (tertiary/aromatic N) is 1. The summed E-state index contributed by atoms with van der Waals surface area (Å²) in [6.45, 7) is 3.59. The Morgan fingerprint density at radius 1 is 0.871 bits per heavy atom. The van der Waals surface area contributed by atoms with Gasteiger partial charge in [0, 0.05) is 11.1 Å². The van der Waals surface area contributed by atoms with Crippen molar-refractivity contribution in [2.24, 2.45) is 0 Å². The molecule has 2 aliphatic heterocycles. The minimum Gasteiger partial charge on any atom is -0.368 e. The maximum Gasteiger partial charge on any atom is 0.254 e.